The van der Waals surface area contributed by atoms with Crippen LogP contribution in [0.15, 0.2) is 52.5 Å². The molecule has 2 unspecified atom stereocenters. The normalized spacial score (nSPS) is 21.4. The van der Waals surface area contributed by atoms with Gasteiger partial charge in [-0.2, -0.15) is 9.57 Å². The Morgan fingerprint density at radius 2 is 2.00 bits per heavy atom. The average molecular weight is 511 g/mol. The molecule has 0 aliphatic carbocycles. The molecule has 0 bridgehead atoms. The molecule has 3 aromatic rings. The lowest BCUT2D eigenvalue weighted by molar-refractivity contribution is 0.0960. The Morgan fingerprint density at radius 1 is 1.17 bits per heavy atom. The Labute approximate surface area is 211 Å². The van der Waals surface area contributed by atoms with Gasteiger partial charge in [-0.15, -0.1) is 0 Å². The molecule has 2 aliphatic rings. The van der Waals surface area contributed by atoms with Crippen molar-refractivity contribution in [3.05, 3.63) is 53.6 Å². The summed E-state index contributed by atoms with van der Waals surface area (Å²) >= 11 is 1.62. The van der Waals surface area contributed by atoms with Gasteiger partial charge >= 0.3 is 0 Å². The molecule has 1 aromatic heterocycles. The van der Waals surface area contributed by atoms with Crippen LogP contribution in [0.4, 0.5) is 0 Å². The molecule has 2 fully saturated rings. The summed E-state index contributed by atoms with van der Waals surface area (Å²) in [6, 6.07) is 15.1. The van der Waals surface area contributed by atoms with Crippen LogP contribution in [0, 0.1) is 17.2 Å². The van der Waals surface area contributed by atoms with Crippen LogP contribution in [-0.4, -0.2) is 48.1 Å². The van der Waals surface area contributed by atoms with Gasteiger partial charge in [0.05, 0.1) is 40.2 Å². The van der Waals surface area contributed by atoms with Crippen molar-refractivity contribution in [1.82, 2.24) is 13.9 Å². The number of benzene rings is 2. The Balaban J connectivity index is 1.45. The van der Waals surface area contributed by atoms with Crippen LogP contribution in [-0.2, 0) is 27.1 Å². The summed E-state index contributed by atoms with van der Waals surface area (Å²) in [6.07, 6.45) is 4.17. The number of sulfonamides is 1. The second kappa shape index (κ2) is 10.3. The van der Waals surface area contributed by atoms with Crippen LogP contribution >= 0.6 is 11.8 Å². The Hall–Kier alpha value is -2.38. The van der Waals surface area contributed by atoms with Gasteiger partial charge < -0.3 is 9.30 Å². The molecule has 0 saturated carbocycles. The fourth-order valence-electron chi connectivity index (χ4n) is 4.86. The number of hydrogen-bond acceptors (Lipinski definition) is 6. The fraction of sp³-hybridized carbons (Fsp3) is 0.462. The third-order valence-electron chi connectivity index (χ3n) is 6.80. The zero-order valence-corrected chi connectivity index (χ0v) is 21.5. The van der Waals surface area contributed by atoms with Crippen molar-refractivity contribution in [3.8, 4) is 6.07 Å². The summed E-state index contributed by atoms with van der Waals surface area (Å²) in [7, 11) is -3.55. The highest BCUT2D eigenvalue weighted by Gasteiger charge is 2.29. The van der Waals surface area contributed by atoms with Gasteiger partial charge in [0.2, 0.25) is 10.0 Å². The summed E-state index contributed by atoms with van der Waals surface area (Å²) in [4.78, 5) is 5.18. The van der Waals surface area contributed by atoms with E-state index in [2.05, 4.69) is 17.6 Å². The summed E-state index contributed by atoms with van der Waals surface area (Å²) in [5, 5.41) is 9.89. The first-order valence-electron chi connectivity index (χ1n) is 12.2. The minimum atomic E-state index is -3.55. The van der Waals surface area contributed by atoms with Crippen molar-refractivity contribution in [2.75, 3.05) is 19.7 Å². The Bertz CT molecular complexity index is 1340. The lowest BCUT2D eigenvalue weighted by atomic mass is 10.0. The maximum absolute atomic E-state index is 13.4. The van der Waals surface area contributed by atoms with E-state index in [1.165, 1.54) is 0 Å². The largest absolute Gasteiger partial charge is 0.376 e. The molecule has 2 saturated heterocycles. The van der Waals surface area contributed by atoms with Crippen LogP contribution in [0.1, 0.15) is 43.7 Å². The van der Waals surface area contributed by atoms with E-state index in [1.54, 1.807) is 28.2 Å². The Morgan fingerprint density at radius 3 is 2.71 bits per heavy atom. The Kier molecular flexibility index (Phi) is 7.17. The van der Waals surface area contributed by atoms with E-state index in [9.17, 15) is 8.42 Å². The first-order chi connectivity index (χ1) is 16.9. The highest BCUT2D eigenvalue weighted by molar-refractivity contribution is 7.98. The highest BCUT2D eigenvalue weighted by Crippen LogP contribution is 2.31. The molecule has 9 heteroatoms. The van der Waals surface area contributed by atoms with Crippen molar-refractivity contribution in [2.45, 2.75) is 61.1 Å². The number of imidazole rings is 1. The van der Waals surface area contributed by atoms with E-state index in [1.807, 2.05) is 30.3 Å². The molecule has 0 spiro atoms. The smallest absolute Gasteiger partial charge is 0.243 e. The zero-order valence-electron chi connectivity index (χ0n) is 19.9. The molecule has 2 atom stereocenters. The number of nitriles is 1. The van der Waals surface area contributed by atoms with Crippen LogP contribution in [0.3, 0.4) is 0 Å². The number of thioether (sulfide) groups is 1. The molecule has 2 aliphatic heterocycles. The number of fused-ring (bicyclic) bond motifs is 1. The summed E-state index contributed by atoms with van der Waals surface area (Å²) in [6.45, 7) is 4.72. The average Bonchev–Trinajstić information content (AvgIpc) is 3.51. The second-order valence-electron chi connectivity index (χ2n) is 9.50. The molecular weight excluding hydrogens is 480 g/mol. The fourth-order valence-corrected chi connectivity index (χ4v) is 7.46. The van der Waals surface area contributed by atoms with Gasteiger partial charge in [0.15, 0.2) is 5.16 Å². The molecule has 5 rings (SSSR count). The van der Waals surface area contributed by atoms with Gasteiger partial charge in [0.1, 0.15) is 0 Å². The molecule has 0 radical (unpaired) electrons. The summed E-state index contributed by atoms with van der Waals surface area (Å²) in [5.74, 6) is 1.08. The third-order valence-corrected chi connectivity index (χ3v) is 9.71. The lowest BCUT2D eigenvalue weighted by Crippen LogP contribution is -2.39. The molecule has 184 valence electrons. The minimum absolute atomic E-state index is 0.139. The molecule has 3 heterocycles. The number of aromatic nitrogens is 2. The van der Waals surface area contributed by atoms with Crippen molar-refractivity contribution in [2.24, 2.45) is 5.92 Å². The zero-order chi connectivity index (χ0) is 24.4. The van der Waals surface area contributed by atoms with E-state index >= 15 is 0 Å². The van der Waals surface area contributed by atoms with Gasteiger partial charge in [-0.05, 0) is 67.5 Å². The summed E-state index contributed by atoms with van der Waals surface area (Å²) < 4.78 is 36.4. The van der Waals surface area contributed by atoms with Crippen molar-refractivity contribution >= 4 is 32.8 Å². The monoisotopic (exact) mass is 510 g/mol. The van der Waals surface area contributed by atoms with Gasteiger partial charge in [0.25, 0.3) is 0 Å². The van der Waals surface area contributed by atoms with E-state index < -0.39 is 10.0 Å². The first-order valence-corrected chi connectivity index (χ1v) is 14.6. The quantitative estimate of drug-likeness (QED) is 0.424. The standard InChI is InChI=1S/C26H30N4O3S2/c1-19-4-2-12-29(16-19)35(31,32)23-10-11-25-24(14-23)28-26(30(25)17-22-5-3-13-33-22)34-18-21-8-6-20(15-27)7-9-21/h6-11,14,19,22H,2-5,12-13,16-18H2,1H3. The predicted molar refractivity (Wildman–Crippen MR) is 137 cm³/mol. The number of rotatable bonds is 7. The van der Waals surface area contributed by atoms with Crippen molar-refractivity contribution in [1.29, 1.82) is 5.26 Å². The minimum Gasteiger partial charge on any atom is -0.376 e. The van der Waals surface area contributed by atoms with Gasteiger partial charge in [-0.1, -0.05) is 30.8 Å². The number of nitrogens with zero attached hydrogens (tertiary/aromatic N) is 4. The SMILES string of the molecule is CC1CCCN(S(=O)(=O)c2ccc3c(c2)nc(SCc2ccc(C#N)cc2)n3CC2CCCO2)C1. The maximum atomic E-state index is 13.4. The predicted octanol–water partition coefficient (Wildman–Crippen LogP) is 4.80. The molecule has 0 amide bonds. The van der Waals surface area contributed by atoms with Crippen LogP contribution in [0.5, 0.6) is 0 Å². The van der Waals surface area contributed by atoms with Gasteiger partial charge in [0, 0.05) is 25.4 Å². The van der Waals surface area contributed by atoms with E-state index in [-0.39, 0.29) is 6.10 Å². The molecule has 35 heavy (non-hydrogen) atoms. The lowest BCUT2D eigenvalue weighted by Gasteiger charge is -2.30. The van der Waals surface area contributed by atoms with Crippen LogP contribution in [0.25, 0.3) is 11.0 Å². The van der Waals surface area contributed by atoms with Crippen LogP contribution in [0.2, 0.25) is 0 Å². The second-order valence-corrected chi connectivity index (χ2v) is 12.4. The van der Waals surface area contributed by atoms with Crippen LogP contribution < -0.4 is 0 Å². The number of piperidine rings is 1. The number of hydrogen-bond donors (Lipinski definition) is 0. The first kappa shape index (κ1) is 24.3. The van der Waals surface area contributed by atoms with E-state index in [0.29, 0.717) is 47.3 Å². The molecule has 7 nitrogen and oxygen atoms in total. The van der Waals surface area contributed by atoms with Gasteiger partial charge in [-0.3, -0.25) is 0 Å². The van der Waals surface area contributed by atoms with Crippen molar-refractivity contribution in [3.63, 3.8) is 0 Å². The highest BCUT2D eigenvalue weighted by atomic mass is 32.2. The van der Waals surface area contributed by atoms with Crippen molar-refractivity contribution < 1.29 is 13.2 Å². The molecule has 2 aromatic carbocycles. The molecule has 0 N–H and O–H groups in total. The molecular formula is C26H30N4O3S2. The van der Waals surface area contributed by atoms with E-state index in [0.717, 1.165) is 48.5 Å². The topological polar surface area (TPSA) is 88.2 Å². The van der Waals surface area contributed by atoms with E-state index in [4.69, 9.17) is 15.0 Å². The number of ether oxygens (including phenoxy) is 1. The summed E-state index contributed by atoms with van der Waals surface area (Å²) in [5.41, 5.74) is 3.36. The van der Waals surface area contributed by atoms with Gasteiger partial charge in [-0.25, -0.2) is 13.4 Å². The maximum Gasteiger partial charge on any atom is 0.243 e. The third kappa shape index (κ3) is 5.26.